The van der Waals surface area contributed by atoms with Crippen molar-refractivity contribution >= 4 is 5.91 Å². The van der Waals surface area contributed by atoms with Gasteiger partial charge in [-0.15, -0.1) is 0 Å². The summed E-state index contributed by atoms with van der Waals surface area (Å²) < 4.78 is 31.9. The molecule has 0 N–H and O–H groups in total. The van der Waals surface area contributed by atoms with Crippen LogP contribution < -0.4 is 0 Å². The summed E-state index contributed by atoms with van der Waals surface area (Å²) in [6.45, 7) is 7.13. The van der Waals surface area contributed by atoms with E-state index >= 15 is 4.39 Å². The summed E-state index contributed by atoms with van der Waals surface area (Å²) in [6, 6.07) is 12.4. The number of likely N-dealkylation sites (N-methyl/N-ethyl adjacent to an activating group) is 1. The van der Waals surface area contributed by atoms with Crippen LogP contribution >= 0.6 is 0 Å². The van der Waals surface area contributed by atoms with E-state index in [9.17, 15) is 9.18 Å². The van der Waals surface area contributed by atoms with E-state index in [0.29, 0.717) is 23.6 Å². The molecule has 1 aliphatic rings. The number of amides is 1. The minimum absolute atomic E-state index is 0.0307. The first-order valence-corrected chi connectivity index (χ1v) is 10.3. The molecule has 0 fully saturated rings. The van der Waals surface area contributed by atoms with Crippen molar-refractivity contribution in [1.82, 2.24) is 14.7 Å². The van der Waals surface area contributed by atoms with E-state index in [4.69, 9.17) is 0 Å². The van der Waals surface area contributed by atoms with E-state index in [2.05, 4.69) is 18.9 Å². The van der Waals surface area contributed by atoms with Crippen LogP contribution in [0.5, 0.6) is 0 Å². The number of nitrogens with zero attached hydrogens (tertiary/aromatic N) is 3. The summed E-state index contributed by atoms with van der Waals surface area (Å²) >= 11 is 0. The molecule has 4 nitrogen and oxygen atoms in total. The second kappa shape index (κ2) is 8.01. The maximum absolute atomic E-state index is 15.7. The highest BCUT2D eigenvalue weighted by molar-refractivity contribution is 6.00. The van der Waals surface area contributed by atoms with Crippen LogP contribution in [0.1, 0.15) is 54.5 Å². The van der Waals surface area contributed by atoms with Crippen LogP contribution in [0.4, 0.5) is 8.78 Å². The SMILES string of the molecule is CCN1C(=O)c2ccc(-c3ccnn3CC(C)C)cc2C1C(F)c1ccccc1F. The van der Waals surface area contributed by atoms with Crippen LogP contribution in [0.2, 0.25) is 0 Å². The zero-order chi connectivity index (χ0) is 21.4. The third-order valence-electron chi connectivity index (χ3n) is 5.57. The lowest BCUT2D eigenvalue weighted by molar-refractivity contribution is 0.0633. The predicted octanol–water partition coefficient (Wildman–Crippen LogP) is 5.57. The fourth-order valence-electron chi connectivity index (χ4n) is 4.20. The molecule has 0 radical (unpaired) electrons. The van der Waals surface area contributed by atoms with Gasteiger partial charge < -0.3 is 4.90 Å². The summed E-state index contributed by atoms with van der Waals surface area (Å²) in [5.74, 6) is -0.411. The topological polar surface area (TPSA) is 38.1 Å². The van der Waals surface area contributed by atoms with Gasteiger partial charge in [0.25, 0.3) is 5.91 Å². The number of hydrogen-bond acceptors (Lipinski definition) is 2. The zero-order valence-electron chi connectivity index (χ0n) is 17.3. The molecule has 0 bridgehead atoms. The Morgan fingerprint density at radius 2 is 1.90 bits per heavy atom. The lowest BCUT2D eigenvalue weighted by Crippen LogP contribution is -2.30. The quantitative estimate of drug-likeness (QED) is 0.534. The smallest absolute Gasteiger partial charge is 0.254 e. The Hall–Kier alpha value is -3.02. The first-order valence-electron chi connectivity index (χ1n) is 10.3. The van der Waals surface area contributed by atoms with E-state index in [0.717, 1.165) is 17.8 Å². The minimum atomic E-state index is -1.66. The zero-order valence-corrected chi connectivity index (χ0v) is 17.3. The summed E-state index contributed by atoms with van der Waals surface area (Å²) in [7, 11) is 0. The molecule has 6 heteroatoms. The second-order valence-corrected chi connectivity index (χ2v) is 8.05. The Kier molecular flexibility index (Phi) is 5.41. The molecule has 2 atom stereocenters. The number of hydrogen-bond donors (Lipinski definition) is 0. The van der Waals surface area contributed by atoms with Gasteiger partial charge in [-0.1, -0.05) is 38.1 Å². The maximum Gasteiger partial charge on any atom is 0.254 e. The molecule has 0 spiro atoms. The van der Waals surface area contributed by atoms with Crippen LogP contribution in [0.15, 0.2) is 54.7 Å². The second-order valence-electron chi connectivity index (χ2n) is 8.05. The van der Waals surface area contributed by atoms with Gasteiger partial charge >= 0.3 is 0 Å². The Bertz CT molecular complexity index is 1080. The first-order chi connectivity index (χ1) is 14.4. The van der Waals surface area contributed by atoms with Gasteiger partial charge in [-0.05, 0) is 42.7 Å². The van der Waals surface area contributed by atoms with Crippen LogP contribution in [0.3, 0.4) is 0 Å². The summed E-state index contributed by atoms with van der Waals surface area (Å²) in [5.41, 5.74) is 2.81. The number of aromatic nitrogens is 2. The van der Waals surface area contributed by atoms with Gasteiger partial charge in [-0.25, -0.2) is 8.78 Å². The third kappa shape index (κ3) is 3.40. The molecule has 0 aliphatic carbocycles. The molecule has 0 saturated heterocycles. The van der Waals surface area contributed by atoms with Gasteiger partial charge in [-0.2, -0.15) is 5.10 Å². The molecule has 1 amide bonds. The lowest BCUT2D eigenvalue weighted by atomic mass is 9.94. The molecule has 1 aromatic heterocycles. The van der Waals surface area contributed by atoms with Crippen molar-refractivity contribution < 1.29 is 13.6 Å². The van der Waals surface area contributed by atoms with Crippen molar-refractivity contribution in [2.24, 2.45) is 5.92 Å². The van der Waals surface area contributed by atoms with Gasteiger partial charge in [0.05, 0.1) is 11.7 Å². The number of carbonyl (C=O) groups is 1. The molecule has 2 aromatic carbocycles. The molecule has 156 valence electrons. The monoisotopic (exact) mass is 409 g/mol. The van der Waals surface area contributed by atoms with Crippen molar-refractivity contribution in [2.75, 3.05) is 6.54 Å². The summed E-state index contributed by atoms with van der Waals surface area (Å²) in [4.78, 5) is 14.4. The van der Waals surface area contributed by atoms with Crippen molar-refractivity contribution in [3.05, 3.63) is 77.2 Å². The largest absolute Gasteiger partial charge is 0.329 e. The van der Waals surface area contributed by atoms with E-state index in [1.54, 1.807) is 18.3 Å². The van der Waals surface area contributed by atoms with Crippen LogP contribution in [-0.2, 0) is 6.54 Å². The molecule has 2 unspecified atom stereocenters. The number of carbonyl (C=O) groups excluding carboxylic acids is 1. The Labute approximate surface area is 175 Å². The van der Waals surface area contributed by atoms with E-state index in [1.807, 2.05) is 29.8 Å². The molecule has 30 heavy (non-hydrogen) atoms. The minimum Gasteiger partial charge on any atom is -0.329 e. The standard InChI is InChI=1S/C24H25F2N3O/c1-4-28-23(22(26)18-7-5-6-8-20(18)25)19-13-16(9-10-17(19)24(28)30)21-11-12-27-29(21)14-15(2)3/h5-13,15,22-23H,4,14H2,1-3H3. The summed E-state index contributed by atoms with van der Waals surface area (Å²) in [5, 5.41) is 4.40. The molecular formula is C24H25F2N3O. The normalized spacial score (nSPS) is 16.9. The molecule has 2 heterocycles. The van der Waals surface area contributed by atoms with Crippen LogP contribution in [0, 0.1) is 11.7 Å². The van der Waals surface area contributed by atoms with Crippen molar-refractivity contribution in [1.29, 1.82) is 0 Å². The Morgan fingerprint density at radius 3 is 2.60 bits per heavy atom. The highest BCUT2D eigenvalue weighted by Crippen LogP contribution is 2.45. The van der Waals surface area contributed by atoms with Crippen molar-refractivity contribution in [3.63, 3.8) is 0 Å². The van der Waals surface area contributed by atoms with Gasteiger partial charge in [-0.3, -0.25) is 9.48 Å². The highest BCUT2D eigenvalue weighted by atomic mass is 19.1. The highest BCUT2D eigenvalue weighted by Gasteiger charge is 2.42. The predicted molar refractivity (Wildman–Crippen MR) is 112 cm³/mol. The average molecular weight is 409 g/mol. The number of fused-ring (bicyclic) bond motifs is 1. The van der Waals surface area contributed by atoms with Crippen molar-refractivity contribution in [2.45, 2.75) is 39.5 Å². The number of benzene rings is 2. The van der Waals surface area contributed by atoms with Gasteiger partial charge in [0.15, 0.2) is 6.17 Å². The van der Waals surface area contributed by atoms with E-state index in [-0.39, 0.29) is 11.5 Å². The number of halogens is 2. The molecule has 4 rings (SSSR count). The van der Waals surface area contributed by atoms with E-state index in [1.165, 1.54) is 23.1 Å². The first kappa shape index (κ1) is 20.3. The van der Waals surface area contributed by atoms with Gasteiger partial charge in [0.1, 0.15) is 5.82 Å². The molecule has 0 saturated carbocycles. The third-order valence-corrected chi connectivity index (χ3v) is 5.57. The van der Waals surface area contributed by atoms with Crippen LogP contribution in [0.25, 0.3) is 11.3 Å². The number of rotatable bonds is 6. The lowest BCUT2D eigenvalue weighted by Gasteiger charge is -2.27. The molecule has 3 aromatic rings. The fraction of sp³-hybridized carbons (Fsp3) is 0.333. The van der Waals surface area contributed by atoms with Crippen LogP contribution in [-0.4, -0.2) is 27.1 Å². The van der Waals surface area contributed by atoms with E-state index < -0.39 is 18.0 Å². The maximum atomic E-state index is 15.7. The molecule has 1 aliphatic heterocycles. The number of alkyl halides is 1. The average Bonchev–Trinajstić information content (AvgIpc) is 3.29. The van der Waals surface area contributed by atoms with Gasteiger partial charge in [0.2, 0.25) is 0 Å². The molecular weight excluding hydrogens is 384 g/mol. The fourth-order valence-corrected chi connectivity index (χ4v) is 4.20. The van der Waals surface area contributed by atoms with Crippen molar-refractivity contribution in [3.8, 4) is 11.3 Å². The Balaban J connectivity index is 1.80. The Morgan fingerprint density at radius 1 is 1.13 bits per heavy atom. The summed E-state index contributed by atoms with van der Waals surface area (Å²) in [6.07, 6.45) is 0.0793. The van der Waals surface area contributed by atoms with Gasteiger partial charge in [0, 0.05) is 36.0 Å².